The third kappa shape index (κ3) is 7.06. The number of hydrogen-bond donors (Lipinski definition) is 0. The van der Waals surface area contributed by atoms with Crippen LogP contribution in [0.1, 0.15) is 48.1 Å². The lowest BCUT2D eigenvalue weighted by Crippen LogP contribution is -2.08. The average Bonchev–Trinajstić information content (AvgIpc) is 2.71. The predicted molar refractivity (Wildman–Crippen MR) is 127 cm³/mol. The van der Waals surface area contributed by atoms with Crippen LogP contribution in [0.3, 0.4) is 0 Å². The number of nitrogens with zero attached hydrogens (tertiary/aromatic N) is 1. The maximum atomic E-state index is 6.06. The Morgan fingerprint density at radius 3 is 1.84 bits per heavy atom. The van der Waals surface area contributed by atoms with Crippen molar-refractivity contribution in [3.63, 3.8) is 0 Å². The van der Waals surface area contributed by atoms with Gasteiger partial charge in [-0.05, 0) is 93.6 Å². The highest BCUT2D eigenvalue weighted by Gasteiger charge is 2.10. The summed E-state index contributed by atoms with van der Waals surface area (Å²) in [6, 6.07) is 8.18. The largest absolute Gasteiger partial charge is 0.493 e. The average molecular weight is 426 g/mol. The minimum atomic E-state index is 0.575. The number of aryl methyl sites for hydroxylation is 4. The molecule has 0 aliphatic heterocycles. The van der Waals surface area contributed by atoms with Gasteiger partial charge in [0, 0.05) is 6.42 Å². The van der Waals surface area contributed by atoms with E-state index in [2.05, 4.69) is 31.1 Å². The van der Waals surface area contributed by atoms with Crippen LogP contribution in [0, 0.1) is 27.7 Å². The Morgan fingerprint density at radius 1 is 0.839 bits per heavy atom. The van der Waals surface area contributed by atoms with E-state index in [1.54, 1.807) is 7.11 Å². The van der Waals surface area contributed by atoms with Gasteiger partial charge < -0.3 is 19.0 Å². The first-order chi connectivity index (χ1) is 14.9. The van der Waals surface area contributed by atoms with E-state index in [1.165, 1.54) is 0 Å². The van der Waals surface area contributed by atoms with Gasteiger partial charge >= 0.3 is 0 Å². The number of oxime groups is 1. The second kappa shape index (κ2) is 12.0. The third-order valence-electron chi connectivity index (χ3n) is 4.90. The molecule has 168 valence electrons. The fourth-order valence-electron chi connectivity index (χ4n) is 3.45. The number of ether oxygens (including phenoxy) is 3. The highest BCUT2D eigenvalue weighted by molar-refractivity contribution is 5.98. The van der Waals surface area contributed by atoms with E-state index in [0.29, 0.717) is 19.8 Å². The van der Waals surface area contributed by atoms with Crippen molar-refractivity contribution in [1.29, 1.82) is 0 Å². The third-order valence-corrected chi connectivity index (χ3v) is 4.90. The summed E-state index contributed by atoms with van der Waals surface area (Å²) in [6.07, 6.45) is 4.76. The molecule has 0 saturated carbocycles. The molecule has 0 amide bonds. The molecular weight excluding hydrogens is 390 g/mol. The smallest absolute Gasteiger partial charge is 0.125 e. The van der Waals surface area contributed by atoms with Gasteiger partial charge in [-0.1, -0.05) is 17.3 Å². The molecule has 2 aromatic rings. The monoisotopic (exact) mass is 425 g/mol. The van der Waals surface area contributed by atoms with E-state index in [-0.39, 0.29) is 0 Å². The number of benzene rings is 2. The maximum Gasteiger partial charge on any atom is 0.125 e. The van der Waals surface area contributed by atoms with Crippen molar-refractivity contribution in [3.8, 4) is 17.2 Å². The van der Waals surface area contributed by atoms with Gasteiger partial charge in [0.15, 0.2) is 0 Å². The van der Waals surface area contributed by atoms with Crippen molar-refractivity contribution in [3.05, 3.63) is 64.2 Å². The first-order valence-electron chi connectivity index (χ1n) is 10.7. The predicted octanol–water partition coefficient (Wildman–Crippen LogP) is 6.09. The lowest BCUT2D eigenvalue weighted by Gasteiger charge is -2.16. The topological polar surface area (TPSA) is 49.3 Å². The molecule has 5 nitrogen and oxygen atoms in total. The van der Waals surface area contributed by atoms with Crippen LogP contribution in [0.25, 0.3) is 0 Å². The molecule has 0 aliphatic rings. The lowest BCUT2D eigenvalue weighted by molar-refractivity contribution is 0.213. The summed E-state index contributed by atoms with van der Waals surface area (Å²) in [6.45, 7) is 13.9. The molecule has 0 aromatic heterocycles. The van der Waals surface area contributed by atoms with Crippen LogP contribution in [-0.4, -0.2) is 32.6 Å². The minimum absolute atomic E-state index is 0.575. The summed E-state index contributed by atoms with van der Waals surface area (Å²) in [5.41, 5.74) is 6.20. The van der Waals surface area contributed by atoms with Crippen molar-refractivity contribution in [2.45, 2.75) is 48.0 Å². The summed E-state index contributed by atoms with van der Waals surface area (Å²) >= 11 is 0. The molecule has 0 spiro atoms. The van der Waals surface area contributed by atoms with Crippen LogP contribution in [0.4, 0.5) is 0 Å². The minimum Gasteiger partial charge on any atom is -0.493 e. The fourth-order valence-corrected chi connectivity index (χ4v) is 3.45. The van der Waals surface area contributed by atoms with E-state index >= 15 is 0 Å². The van der Waals surface area contributed by atoms with Gasteiger partial charge in [-0.2, -0.15) is 0 Å². The summed E-state index contributed by atoms with van der Waals surface area (Å²) in [5, 5.41) is 4.01. The summed E-state index contributed by atoms with van der Waals surface area (Å²) in [4.78, 5) is 4.87. The Labute approximate surface area is 186 Å². The van der Waals surface area contributed by atoms with E-state index in [9.17, 15) is 0 Å². The van der Waals surface area contributed by atoms with Crippen molar-refractivity contribution < 1.29 is 19.0 Å². The molecule has 0 radical (unpaired) electrons. The standard InChI is InChI=1S/C26H35NO4/c1-8-9-11-29-24-16-20(4)26(21(5)17-24)31-13-10-12-30-25-18(2)14-23(15-19(25)3)22(6)27-28-7/h8-9,14-17H,10-13H2,1-7H3/b9-8+,27-22?. The Hall–Kier alpha value is -2.95. The van der Waals surface area contributed by atoms with E-state index in [0.717, 1.165) is 57.2 Å². The van der Waals surface area contributed by atoms with Crippen LogP contribution in [0.15, 0.2) is 41.6 Å². The Kier molecular flexibility index (Phi) is 9.44. The zero-order valence-electron chi connectivity index (χ0n) is 19.9. The van der Waals surface area contributed by atoms with Gasteiger partial charge in [0.25, 0.3) is 0 Å². The van der Waals surface area contributed by atoms with Gasteiger partial charge in [-0.15, -0.1) is 0 Å². The normalized spacial score (nSPS) is 11.6. The Morgan fingerprint density at radius 2 is 1.35 bits per heavy atom. The van der Waals surface area contributed by atoms with E-state index in [4.69, 9.17) is 19.0 Å². The molecule has 0 N–H and O–H groups in total. The van der Waals surface area contributed by atoms with Crippen LogP contribution in [0.5, 0.6) is 17.2 Å². The highest BCUT2D eigenvalue weighted by atomic mass is 16.6. The van der Waals surface area contributed by atoms with Gasteiger partial charge in [0.2, 0.25) is 0 Å². The summed E-state index contributed by atoms with van der Waals surface area (Å²) < 4.78 is 17.8. The van der Waals surface area contributed by atoms with Crippen molar-refractivity contribution in [2.75, 3.05) is 26.9 Å². The number of allylic oxidation sites excluding steroid dienone is 1. The molecule has 2 rings (SSSR count). The first-order valence-corrected chi connectivity index (χ1v) is 10.7. The van der Waals surface area contributed by atoms with Gasteiger partial charge in [-0.25, -0.2) is 0 Å². The maximum absolute atomic E-state index is 6.06. The summed E-state index contributed by atoms with van der Waals surface area (Å²) in [7, 11) is 1.55. The molecule has 0 atom stereocenters. The molecule has 5 heteroatoms. The second-order valence-corrected chi connectivity index (χ2v) is 7.62. The number of hydrogen-bond acceptors (Lipinski definition) is 5. The molecule has 31 heavy (non-hydrogen) atoms. The quantitative estimate of drug-likeness (QED) is 0.189. The van der Waals surface area contributed by atoms with E-state index in [1.807, 2.05) is 52.0 Å². The van der Waals surface area contributed by atoms with Crippen molar-refractivity contribution in [2.24, 2.45) is 5.16 Å². The molecule has 0 aliphatic carbocycles. The van der Waals surface area contributed by atoms with Crippen molar-refractivity contribution in [1.82, 2.24) is 0 Å². The van der Waals surface area contributed by atoms with Gasteiger partial charge in [0.1, 0.15) is 31.0 Å². The van der Waals surface area contributed by atoms with Crippen LogP contribution in [-0.2, 0) is 4.84 Å². The molecule has 0 fully saturated rings. The molecule has 0 unspecified atom stereocenters. The van der Waals surface area contributed by atoms with Gasteiger partial charge in [-0.3, -0.25) is 0 Å². The summed E-state index contributed by atoms with van der Waals surface area (Å²) in [5.74, 6) is 2.70. The molecular formula is C26H35NO4. The number of rotatable bonds is 11. The molecule has 2 aromatic carbocycles. The fraction of sp³-hybridized carbons (Fsp3) is 0.423. The zero-order chi connectivity index (χ0) is 22.8. The molecule has 0 heterocycles. The Balaban J connectivity index is 1.89. The molecule has 0 bridgehead atoms. The Bertz CT molecular complexity index is 885. The zero-order valence-corrected chi connectivity index (χ0v) is 19.9. The second-order valence-electron chi connectivity index (χ2n) is 7.62. The van der Waals surface area contributed by atoms with E-state index < -0.39 is 0 Å². The van der Waals surface area contributed by atoms with Crippen LogP contribution >= 0.6 is 0 Å². The van der Waals surface area contributed by atoms with Crippen molar-refractivity contribution >= 4 is 5.71 Å². The first kappa shape index (κ1) is 24.3. The SMILES string of the molecule is C/C=C/COc1cc(C)c(OCCCOc2c(C)cc(C(C)=NOC)cc2C)c(C)c1. The molecule has 0 saturated heterocycles. The van der Waals surface area contributed by atoms with Crippen LogP contribution < -0.4 is 14.2 Å². The van der Waals surface area contributed by atoms with Gasteiger partial charge in [0.05, 0.1) is 18.9 Å². The lowest BCUT2D eigenvalue weighted by atomic mass is 10.0. The highest BCUT2D eigenvalue weighted by Crippen LogP contribution is 2.29. The van der Waals surface area contributed by atoms with Crippen LogP contribution in [0.2, 0.25) is 0 Å².